The van der Waals surface area contributed by atoms with Gasteiger partial charge in [0, 0.05) is 12.5 Å². The minimum absolute atomic E-state index is 0.0900. The molecule has 0 rings (SSSR count). The number of amides is 1. The molecule has 0 fully saturated rings. The van der Waals surface area contributed by atoms with Gasteiger partial charge in [-0.3, -0.25) is 4.79 Å². The standard InChI is InChI=1S/C5H12N2O2/c6-4(3-8)1-2-5(7)9/h4,8H,1-3,6H2,(H2,7,9)/t4-/m1/s1. The fourth-order valence-corrected chi connectivity index (χ4v) is 0.419. The molecule has 0 aliphatic carbocycles. The van der Waals surface area contributed by atoms with Crippen LogP contribution in [0.2, 0.25) is 0 Å². The van der Waals surface area contributed by atoms with Crippen LogP contribution in [0.3, 0.4) is 0 Å². The highest BCUT2D eigenvalue weighted by molar-refractivity contribution is 5.73. The van der Waals surface area contributed by atoms with E-state index in [2.05, 4.69) is 0 Å². The number of rotatable bonds is 4. The van der Waals surface area contributed by atoms with Crippen molar-refractivity contribution in [2.75, 3.05) is 6.61 Å². The minimum atomic E-state index is -0.376. The first kappa shape index (κ1) is 8.39. The third kappa shape index (κ3) is 5.26. The van der Waals surface area contributed by atoms with Crippen LogP contribution in [0.25, 0.3) is 0 Å². The van der Waals surface area contributed by atoms with Crippen LogP contribution in [0.15, 0.2) is 0 Å². The zero-order chi connectivity index (χ0) is 7.28. The van der Waals surface area contributed by atoms with Crippen molar-refractivity contribution in [2.45, 2.75) is 18.9 Å². The minimum Gasteiger partial charge on any atom is -0.395 e. The summed E-state index contributed by atoms with van der Waals surface area (Å²) in [4.78, 5) is 10.1. The second-order valence-electron chi connectivity index (χ2n) is 1.95. The molecule has 0 aromatic carbocycles. The molecule has 0 heterocycles. The summed E-state index contributed by atoms with van der Waals surface area (Å²) in [6.45, 7) is -0.0900. The van der Waals surface area contributed by atoms with Crippen molar-refractivity contribution in [1.82, 2.24) is 0 Å². The quantitative estimate of drug-likeness (QED) is 0.438. The number of carbonyl (C=O) groups excluding carboxylic acids is 1. The van der Waals surface area contributed by atoms with E-state index in [0.29, 0.717) is 6.42 Å². The highest BCUT2D eigenvalue weighted by Gasteiger charge is 2.01. The Kier molecular flexibility index (Phi) is 4.00. The van der Waals surface area contributed by atoms with E-state index < -0.39 is 0 Å². The molecule has 9 heavy (non-hydrogen) atoms. The van der Waals surface area contributed by atoms with E-state index in [1.165, 1.54) is 0 Å². The lowest BCUT2D eigenvalue weighted by molar-refractivity contribution is -0.118. The molecular weight excluding hydrogens is 120 g/mol. The van der Waals surface area contributed by atoms with Crippen molar-refractivity contribution >= 4 is 5.91 Å². The van der Waals surface area contributed by atoms with Gasteiger partial charge in [0.05, 0.1) is 6.61 Å². The normalized spacial score (nSPS) is 13.1. The van der Waals surface area contributed by atoms with E-state index >= 15 is 0 Å². The maximum atomic E-state index is 10.1. The van der Waals surface area contributed by atoms with E-state index in [9.17, 15) is 4.79 Å². The number of aliphatic hydroxyl groups excluding tert-OH is 1. The van der Waals surface area contributed by atoms with E-state index in [1.54, 1.807) is 0 Å². The largest absolute Gasteiger partial charge is 0.395 e. The monoisotopic (exact) mass is 132 g/mol. The summed E-state index contributed by atoms with van der Waals surface area (Å²) in [7, 11) is 0. The van der Waals surface area contributed by atoms with Gasteiger partial charge in [0.1, 0.15) is 0 Å². The van der Waals surface area contributed by atoms with Crippen LogP contribution in [-0.2, 0) is 4.79 Å². The molecule has 0 saturated heterocycles. The highest BCUT2D eigenvalue weighted by Crippen LogP contribution is 1.90. The molecular formula is C5H12N2O2. The van der Waals surface area contributed by atoms with Crippen molar-refractivity contribution in [2.24, 2.45) is 11.5 Å². The summed E-state index contributed by atoms with van der Waals surface area (Å²) < 4.78 is 0. The smallest absolute Gasteiger partial charge is 0.217 e. The van der Waals surface area contributed by atoms with Gasteiger partial charge in [-0.1, -0.05) is 0 Å². The number of hydrogen-bond donors (Lipinski definition) is 3. The summed E-state index contributed by atoms with van der Waals surface area (Å²) in [6.07, 6.45) is 0.716. The molecule has 1 amide bonds. The summed E-state index contributed by atoms with van der Waals surface area (Å²) >= 11 is 0. The van der Waals surface area contributed by atoms with Gasteiger partial charge in [-0.25, -0.2) is 0 Å². The fourth-order valence-electron chi connectivity index (χ4n) is 0.419. The molecule has 0 aromatic heterocycles. The predicted molar refractivity (Wildman–Crippen MR) is 33.5 cm³/mol. The first-order chi connectivity index (χ1) is 4.16. The second-order valence-corrected chi connectivity index (χ2v) is 1.95. The molecule has 0 aliphatic rings. The summed E-state index contributed by atoms with van der Waals surface area (Å²) in [6, 6.07) is -0.308. The van der Waals surface area contributed by atoms with Crippen LogP contribution in [0.5, 0.6) is 0 Å². The van der Waals surface area contributed by atoms with E-state index in [4.69, 9.17) is 16.6 Å². The molecule has 0 spiro atoms. The van der Waals surface area contributed by atoms with Gasteiger partial charge in [-0.2, -0.15) is 0 Å². The first-order valence-corrected chi connectivity index (χ1v) is 2.81. The lowest BCUT2D eigenvalue weighted by atomic mass is 10.2. The maximum absolute atomic E-state index is 10.1. The van der Waals surface area contributed by atoms with Gasteiger partial charge in [0.25, 0.3) is 0 Å². The van der Waals surface area contributed by atoms with Crippen molar-refractivity contribution in [1.29, 1.82) is 0 Å². The Bertz CT molecular complexity index is 95.0. The zero-order valence-corrected chi connectivity index (χ0v) is 5.21. The van der Waals surface area contributed by atoms with Crippen LogP contribution in [-0.4, -0.2) is 23.7 Å². The summed E-state index contributed by atoms with van der Waals surface area (Å²) in [5, 5.41) is 8.37. The Morgan fingerprint density at radius 3 is 2.56 bits per heavy atom. The molecule has 0 aliphatic heterocycles. The van der Waals surface area contributed by atoms with Gasteiger partial charge in [0.2, 0.25) is 5.91 Å². The van der Waals surface area contributed by atoms with Crippen molar-refractivity contribution in [3.63, 3.8) is 0 Å². The Hall–Kier alpha value is -0.610. The van der Waals surface area contributed by atoms with Crippen LogP contribution in [0, 0.1) is 0 Å². The molecule has 0 aromatic rings. The van der Waals surface area contributed by atoms with Gasteiger partial charge in [-0.05, 0) is 6.42 Å². The molecule has 4 heteroatoms. The van der Waals surface area contributed by atoms with Gasteiger partial charge in [-0.15, -0.1) is 0 Å². The number of hydrogen-bond acceptors (Lipinski definition) is 3. The summed E-state index contributed by atoms with van der Waals surface area (Å²) in [5.74, 6) is -0.376. The average molecular weight is 132 g/mol. The molecule has 4 nitrogen and oxygen atoms in total. The molecule has 0 unspecified atom stereocenters. The lowest BCUT2D eigenvalue weighted by Gasteiger charge is -2.03. The average Bonchev–Trinajstić information content (AvgIpc) is 1.83. The molecule has 0 bridgehead atoms. The second kappa shape index (κ2) is 4.29. The van der Waals surface area contributed by atoms with Gasteiger partial charge in [0.15, 0.2) is 0 Å². The SMILES string of the molecule is NC(=O)CC[C@@H](N)CO. The number of nitrogens with two attached hydrogens (primary N) is 2. The number of primary amides is 1. The topological polar surface area (TPSA) is 89.3 Å². The van der Waals surface area contributed by atoms with E-state index in [-0.39, 0.29) is 25.0 Å². The lowest BCUT2D eigenvalue weighted by Crippen LogP contribution is -2.26. The predicted octanol–water partition coefficient (Wildman–Crippen LogP) is -1.43. The van der Waals surface area contributed by atoms with Crippen LogP contribution >= 0.6 is 0 Å². The van der Waals surface area contributed by atoms with Crippen molar-refractivity contribution in [3.8, 4) is 0 Å². The molecule has 5 N–H and O–H groups in total. The highest BCUT2D eigenvalue weighted by atomic mass is 16.3. The van der Waals surface area contributed by atoms with E-state index in [0.717, 1.165) is 0 Å². The Labute approximate surface area is 53.8 Å². The first-order valence-electron chi connectivity index (χ1n) is 2.81. The van der Waals surface area contributed by atoms with Crippen molar-refractivity contribution in [3.05, 3.63) is 0 Å². The molecule has 54 valence electrons. The fraction of sp³-hybridized carbons (Fsp3) is 0.800. The number of carbonyl (C=O) groups is 1. The molecule has 1 atom stereocenters. The zero-order valence-electron chi connectivity index (χ0n) is 5.21. The Morgan fingerprint density at radius 1 is 1.67 bits per heavy atom. The van der Waals surface area contributed by atoms with Gasteiger partial charge < -0.3 is 16.6 Å². The third-order valence-corrected chi connectivity index (χ3v) is 0.996. The Morgan fingerprint density at radius 2 is 2.22 bits per heavy atom. The van der Waals surface area contributed by atoms with Crippen molar-refractivity contribution < 1.29 is 9.90 Å². The van der Waals surface area contributed by atoms with Crippen LogP contribution in [0.4, 0.5) is 0 Å². The van der Waals surface area contributed by atoms with Gasteiger partial charge >= 0.3 is 0 Å². The molecule has 0 radical (unpaired) electrons. The maximum Gasteiger partial charge on any atom is 0.217 e. The third-order valence-electron chi connectivity index (χ3n) is 0.996. The summed E-state index contributed by atoms with van der Waals surface area (Å²) in [5.41, 5.74) is 10.1. The van der Waals surface area contributed by atoms with Crippen LogP contribution < -0.4 is 11.5 Å². The number of aliphatic hydroxyl groups is 1. The van der Waals surface area contributed by atoms with Crippen LogP contribution in [0.1, 0.15) is 12.8 Å². The Balaban J connectivity index is 3.16. The molecule has 0 saturated carbocycles. The van der Waals surface area contributed by atoms with E-state index in [1.807, 2.05) is 0 Å².